The quantitative estimate of drug-likeness (QED) is 0.169. The van der Waals surface area contributed by atoms with E-state index in [4.69, 9.17) is 0 Å². The van der Waals surface area contributed by atoms with Crippen LogP contribution in [-0.4, -0.2) is 0 Å². The lowest BCUT2D eigenvalue weighted by atomic mass is 9.87. The molecule has 0 atom stereocenters. The second-order valence-electron chi connectivity index (χ2n) is 11.9. The van der Waals surface area contributed by atoms with Gasteiger partial charge in [-0.2, -0.15) is 13.2 Å². The standard InChI is InChI=1S/C42H25F3S/c1-24-26-11-2-4-13-28(26)38(29-14-5-3-12-27(24)29)25-21-22-37-36(23-25)34-19-10-20-35(41(34)46-37)39-30-15-6-8-17-32(30)40(42(43,44)45)33-18-9-7-16-31(33)39/h2-23H,1H3. The van der Waals surface area contributed by atoms with Crippen molar-refractivity contribution >= 4 is 74.6 Å². The summed E-state index contributed by atoms with van der Waals surface area (Å²) in [6.45, 7) is 2.19. The van der Waals surface area contributed by atoms with Crippen molar-refractivity contribution in [2.45, 2.75) is 13.1 Å². The molecule has 0 aliphatic heterocycles. The molecular weight excluding hydrogens is 594 g/mol. The van der Waals surface area contributed by atoms with E-state index in [0.717, 1.165) is 36.9 Å². The second-order valence-corrected chi connectivity index (χ2v) is 13.0. The van der Waals surface area contributed by atoms with E-state index in [9.17, 15) is 13.2 Å². The smallest absolute Gasteiger partial charge is 0.166 e. The molecule has 0 spiro atoms. The number of halogens is 3. The average Bonchev–Trinajstić information content (AvgIpc) is 3.45. The van der Waals surface area contributed by atoms with Crippen molar-refractivity contribution in [1.82, 2.24) is 0 Å². The van der Waals surface area contributed by atoms with Crippen molar-refractivity contribution in [3.05, 3.63) is 145 Å². The summed E-state index contributed by atoms with van der Waals surface area (Å²) in [4.78, 5) is 0. The van der Waals surface area contributed by atoms with Crippen LogP contribution in [0.2, 0.25) is 0 Å². The Balaban J connectivity index is 1.36. The van der Waals surface area contributed by atoms with Crippen LogP contribution in [0.15, 0.2) is 133 Å². The maximum atomic E-state index is 14.6. The first-order valence-corrected chi connectivity index (χ1v) is 16.1. The lowest BCUT2D eigenvalue weighted by molar-refractivity contribution is -0.135. The van der Waals surface area contributed by atoms with Crippen LogP contribution in [0.3, 0.4) is 0 Å². The van der Waals surface area contributed by atoms with Crippen LogP contribution in [0.1, 0.15) is 11.1 Å². The zero-order valence-electron chi connectivity index (χ0n) is 24.7. The molecule has 0 fully saturated rings. The zero-order chi connectivity index (χ0) is 31.2. The Morgan fingerprint density at radius 3 is 1.48 bits per heavy atom. The number of hydrogen-bond acceptors (Lipinski definition) is 1. The van der Waals surface area contributed by atoms with Crippen LogP contribution >= 0.6 is 11.3 Å². The highest BCUT2D eigenvalue weighted by Gasteiger charge is 2.36. The van der Waals surface area contributed by atoms with Gasteiger partial charge in [-0.05, 0) is 84.4 Å². The van der Waals surface area contributed by atoms with E-state index in [-0.39, 0.29) is 10.8 Å². The third-order valence-electron chi connectivity index (χ3n) is 9.47. The number of fused-ring (bicyclic) bond motifs is 7. The topological polar surface area (TPSA) is 0 Å². The van der Waals surface area contributed by atoms with Crippen LogP contribution in [0.25, 0.3) is 85.5 Å². The lowest BCUT2D eigenvalue weighted by Gasteiger charge is -2.19. The summed E-state index contributed by atoms with van der Waals surface area (Å²) in [6.07, 6.45) is -4.48. The minimum atomic E-state index is -4.48. The Hall–Kier alpha value is -5.19. The number of thiophene rings is 1. The van der Waals surface area contributed by atoms with E-state index in [1.165, 1.54) is 32.7 Å². The van der Waals surface area contributed by atoms with Gasteiger partial charge >= 0.3 is 6.18 Å². The molecule has 1 aromatic heterocycles. The van der Waals surface area contributed by atoms with E-state index in [1.54, 1.807) is 35.6 Å². The van der Waals surface area contributed by atoms with Gasteiger partial charge in [0, 0.05) is 25.7 Å². The summed E-state index contributed by atoms with van der Waals surface area (Å²) in [6, 6.07) is 44.0. The van der Waals surface area contributed by atoms with Crippen LogP contribution in [-0.2, 0) is 6.18 Å². The molecule has 9 rings (SSSR count). The van der Waals surface area contributed by atoms with Crippen LogP contribution in [0.4, 0.5) is 13.2 Å². The maximum Gasteiger partial charge on any atom is 0.417 e. The highest BCUT2D eigenvalue weighted by Crippen LogP contribution is 2.49. The lowest BCUT2D eigenvalue weighted by Crippen LogP contribution is -2.07. The summed E-state index contributed by atoms with van der Waals surface area (Å²) in [5.41, 5.74) is 4.86. The van der Waals surface area contributed by atoms with E-state index >= 15 is 0 Å². The van der Waals surface area contributed by atoms with Gasteiger partial charge in [0.15, 0.2) is 0 Å². The maximum absolute atomic E-state index is 14.6. The molecule has 0 aliphatic carbocycles. The SMILES string of the molecule is Cc1c2ccccc2c(-c2ccc3sc4c(-c5c6ccccc6c(C(F)(F)F)c6ccccc56)cccc4c3c2)c2ccccc12. The zero-order valence-corrected chi connectivity index (χ0v) is 25.6. The molecule has 8 aromatic carbocycles. The number of alkyl halides is 3. The van der Waals surface area contributed by atoms with Gasteiger partial charge < -0.3 is 0 Å². The first kappa shape index (κ1) is 27.1. The molecule has 0 radical (unpaired) electrons. The molecule has 1 heterocycles. The molecule has 0 saturated carbocycles. The minimum Gasteiger partial charge on any atom is -0.166 e. The van der Waals surface area contributed by atoms with E-state index in [0.29, 0.717) is 10.8 Å². The van der Waals surface area contributed by atoms with E-state index < -0.39 is 11.7 Å². The monoisotopic (exact) mass is 618 g/mol. The molecule has 0 nitrogen and oxygen atoms in total. The summed E-state index contributed by atoms with van der Waals surface area (Å²) >= 11 is 1.70. The Labute approximate surface area is 267 Å². The van der Waals surface area contributed by atoms with Crippen molar-refractivity contribution in [3.8, 4) is 22.3 Å². The fraction of sp³-hybridized carbons (Fsp3) is 0.0476. The van der Waals surface area contributed by atoms with Gasteiger partial charge in [0.1, 0.15) is 0 Å². The van der Waals surface area contributed by atoms with E-state index in [2.05, 4.69) is 85.8 Å². The van der Waals surface area contributed by atoms with Gasteiger partial charge in [-0.1, -0.05) is 121 Å². The molecule has 4 heteroatoms. The van der Waals surface area contributed by atoms with Gasteiger partial charge in [-0.25, -0.2) is 0 Å². The fourth-order valence-electron chi connectivity index (χ4n) is 7.53. The molecule has 220 valence electrons. The Morgan fingerprint density at radius 1 is 0.457 bits per heavy atom. The van der Waals surface area contributed by atoms with Crippen LogP contribution < -0.4 is 0 Å². The summed E-state index contributed by atoms with van der Waals surface area (Å²) in [5, 5.41) is 8.85. The molecular formula is C42H25F3S. The molecule has 0 saturated heterocycles. The average molecular weight is 619 g/mol. The summed E-state index contributed by atoms with van der Waals surface area (Å²) in [5.74, 6) is 0. The molecule has 46 heavy (non-hydrogen) atoms. The highest BCUT2D eigenvalue weighted by molar-refractivity contribution is 7.26. The number of rotatable bonds is 2. The highest BCUT2D eigenvalue weighted by atomic mass is 32.1. The van der Waals surface area contributed by atoms with Crippen LogP contribution in [0, 0.1) is 6.92 Å². The first-order chi connectivity index (χ1) is 22.4. The first-order valence-electron chi connectivity index (χ1n) is 15.3. The molecule has 0 bridgehead atoms. The molecule has 9 aromatic rings. The van der Waals surface area contributed by atoms with Gasteiger partial charge in [-0.15, -0.1) is 11.3 Å². The van der Waals surface area contributed by atoms with Gasteiger partial charge in [0.2, 0.25) is 0 Å². The van der Waals surface area contributed by atoms with Crippen LogP contribution in [0.5, 0.6) is 0 Å². The van der Waals surface area contributed by atoms with Crippen molar-refractivity contribution in [3.63, 3.8) is 0 Å². The Bertz CT molecular complexity index is 2580. The molecule has 0 unspecified atom stereocenters. The number of aryl methyl sites for hydroxylation is 1. The fourth-order valence-corrected chi connectivity index (χ4v) is 8.74. The van der Waals surface area contributed by atoms with Gasteiger partial charge in [0.05, 0.1) is 5.56 Å². The Morgan fingerprint density at radius 2 is 0.935 bits per heavy atom. The van der Waals surface area contributed by atoms with Crippen molar-refractivity contribution in [1.29, 1.82) is 0 Å². The van der Waals surface area contributed by atoms with E-state index in [1.807, 2.05) is 30.3 Å². The normalized spacial score (nSPS) is 12.3. The number of benzene rings is 8. The predicted octanol–water partition coefficient (Wildman–Crippen LogP) is 13.3. The third kappa shape index (κ3) is 3.87. The van der Waals surface area contributed by atoms with Crippen molar-refractivity contribution < 1.29 is 13.2 Å². The minimum absolute atomic E-state index is 0.224. The molecule has 0 aliphatic rings. The summed E-state index contributed by atoms with van der Waals surface area (Å²) < 4.78 is 45.9. The largest absolute Gasteiger partial charge is 0.417 e. The predicted molar refractivity (Wildman–Crippen MR) is 190 cm³/mol. The van der Waals surface area contributed by atoms with Gasteiger partial charge in [0.25, 0.3) is 0 Å². The molecule has 0 amide bonds. The van der Waals surface area contributed by atoms with Gasteiger partial charge in [-0.3, -0.25) is 0 Å². The Kier molecular flexibility index (Phi) is 5.84. The van der Waals surface area contributed by atoms with Crippen molar-refractivity contribution in [2.75, 3.05) is 0 Å². The second kappa shape index (κ2) is 9.90. The number of hydrogen-bond donors (Lipinski definition) is 0. The summed E-state index contributed by atoms with van der Waals surface area (Å²) in [7, 11) is 0. The van der Waals surface area contributed by atoms with Crippen molar-refractivity contribution in [2.24, 2.45) is 0 Å². The molecule has 0 N–H and O–H groups in total. The third-order valence-corrected chi connectivity index (χ3v) is 10.7.